The van der Waals surface area contributed by atoms with Gasteiger partial charge >= 0.3 is 5.97 Å². The van der Waals surface area contributed by atoms with Crippen molar-refractivity contribution in [3.63, 3.8) is 0 Å². The molecule has 92 valence electrons. The van der Waals surface area contributed by atoms with Gasteiger partial charge in [0.15, 0.2) is 0 Å². The Labute approximate surface area is 101 Å². The molecule has 0 aliphatic rings. The molecule has 1 aromatic heterocycles. The van der Waals surface area contributed by atoms with E-state index in [0.717, 1.165) is 24.4 Å². The average molecular weight is 250 g/mol. The van der Waals surface area contributed by atoms with E-state index in [1.807, 2.05) is 0 Å². The highest BCUT2D eigenvalue weighted by Crippen LogP contribution is 2.19. The molecule has 0 aliphatic heterocycles. The predicted octanol–water partition coefficient (Wildman–Crippen LogP) is 2.80. The van der Waals surface area contributed by atoms with Gasteiger partial charge in [-0.3, -0.25) is 0 Å². The predicted molar refractivity (Wildman–Crippen MR) is 60.8 cm³/mol. The van der Waals surface area contributed by atoms with Crippen LogP contribution in [0.1, 0.15) is 10.4 Å². The molecule has 6 heteroatoms. The van der Waals surface area contributed by atoms with Gasteiger partial charge in [-0.2, -0.15) is 0 Å². The summed E-state index contributed by atoms with van der Waals surface area (Å²) in [6.45, 7) is 0. The zero-order valence-electron chi connectivity index (χ0n) is 9.02. The Bertz CT molecular complexity index is 585. The summed E-state index contributed by atoms with van der Waals surface area (Å²) in [4.78, 5) is 14.4. The standard InChI is InChI=1S/C12H8F2N2O2/c13-8-2-3-9(14)10(5-8)16-11-4-1-7(6-15-11)12(17)18/h1-6H,(H,15,16)(H,17,18). The maximum atomic E-state index is 13.3. The maximum Gasteiger partial charge on any atom is 0.337 e. The smallest absolute Gasteiger partial charge is 0.337 e. The molecule has 0 amide bonds. The van der Waals surface area contributed by atoms with Crippen LogP contribution in [-0.2, 0) is 0 Å². The van der Waals surface area contributed by atoms with Gasteiger partial charge in [0.2, 0.25) is 0 Å². The van der Waals surface area contributed by atoms with E-state index < -0.39 is 17.6 Å². The van der Waals surface area contributed by atoms with Gasteiger partial charge in [-0.15, -0.1) is 0 Å². The van der Waals surface area contributed by atoms with Gasteiger partial charge in [0.25, 0.3) is 0 Å². The number of rotatable bonds is 3. The molecule has 2 aromatic rings. The lowest BCUT2D eigenvalue weighted by molar-refractivity contribution is 0.0696. The molecule has 2 rings (SSSR count). The van der Waals surface area contributed by atoms with E-state index in [9.17, 15) is 13.6 Å². The third-order valence-corrected chi connectivity index (χ3v) is 2.20. The Morgan fingerprint density at radius 1 is 1.22 bits per heavy atom. The number of nitrogens with one attached hydrogen (secondary N) is 1. The number of carboxylic acids is 1. The number of hydrogen-bond acceptors (Lipinski definition) is 3. The lowest BCUT2D eigenvalue weighted by Gasteiger charge is -2.06. The van der Waals surface area contributed by atoms with Crippen molar-refractivity contribution in [3.05, 3.63) is 53.7 Å². The van der Waals surface area contributed by atoms with E-state index in [1.54, 1.807) is 0 Å². The molecule has 1 aromatic carbocycles. The number of benzene rings is 1. The Balaban J connectivity index is 2.23. The molecule has 0 radical (unpaired) electrons. The van der Waals surface area contributed by atoms with Crippen molar-refractivity contribution in [2.24, 2.45) is 0 Å². The molecule has 0 saturated heterocycles. The number of halogens is 2. The zero-order valence-corrected chi connectivity index (χ0v) is 9.02. The lowest BCUT2D eigenvalue weighted by atomic mass is 10.2. The minimum Gasteiger partial charge on any atom is -0.478 e. The molecule has 1 heterocycles. The summed E-state index contributed by atoms with van der Waals surface area (Å²) in [5, 5.41) is 11.2. The number of anilines is 2. The van der Waals surface area contributed by atoms with Crippen molar-refractivity contribution in [1.82, 2.24) is 4.98 Å². The molecule has 0 spiro atoms. The Hall–Kier alpha value is -2.50. The molecule has 0 bridgehead atoms. The number of nitrogens with zero attached hydrogens (tertiary/aromatic N) is 1. The van der Waals surface area contributed by atoms with Crippen molar-refractivity contribution in [2.75, 3.05) is 5.32 Å². The van der Waals surface area contributed by atoms with E-state index in [4.69, 9.17) is 5.11 Å². The molecule has 18 heavy (non-hydrogen) atoms. The Morgan fingerprint density at radius 3 is 2.61 bits per heavy atom. The van der Waals surface area contributed by atoms with Crippen LogP contribution >= 0.6 is 0 Å². The minimum absolute atomic E-state index is 0.0141. The van der Waals surface area contributed by atoms with Crippen LogP contribution in [0.15, 0.2) is 36.5 Å². The highest BCUT2D eigenvalue weighted by molar-refractivity contribution is 5.87. The van der Waals surface area contributed by atoms with Crippen LogP contribution in [0.3, 0.4) is 0 Å². The first-order chi connectivity index (χ1) is 8.56. The molecule has 0 fully saturated rings. The normalized spacial score (nSPS) is 10.1. The van der Waals surface area contributed by atoms with Crippen molar-refractivity contribution >= 4 is 17.5 Å². The molecule has 2 N–H and O–H groups in total. The maximum absolute atomic E-state index is 13.3. The van der Waals surface area contributed by atoms with E-state index in [1.165, 1.54) is 12.1 Å². The molecule has 0 unspecified atom stereocenters. The summed E-state index contributed by atoms with van der Waals surface area (Å²) in [5.74, 6) is -2.09. The molecule has 0 saturated carbocycles. The van der Waals surface area contributed by atoms with Crippen molar-refractivity contribution < 1.29 is 18.7 Å². The Kier molecular flexibility index (Phi) is 3.18. The number of pyridine rings is 1. The summed E-state index contributed by atoms with van der Waals surface area (Å²) in [5.41, 5.74) is -0.0501. The SMILES string of the molecule is O=C(O)c1ccc(Nc2cc(F)ccc2F)nc1. The van der Waals surface area contributed by atoms with Crippen LogP contribution in [-0.4, -0.2) is 16.1 Å². The summed E-state index contributed by atoms with van der Waals surface area (Å²) >= 11 is 0. The van der Waals surface area contributed by atoms with Gasteiger partial charge in [-0.05, 0) is 24.3 Å². The second-order valence-corrected chi connectivity index (χ2v) is 3.49. The number of hydrogen-bond donors (Lipinski definition) is 2. The second-order valence-electron chi connectivity index (χ2n) is 3.49. The first-order valence-corrected chi connectivity index (χ1v) is 4.97. The largest absolute Gasteiger partial charge is 0.478 e. The number of carboxylic acid groups (broad SMARTS) is 1. The summed E-state index contributed by atoms with van der Waals surface area (Å²) < 4.78 is 26.2. The van der Waals surface area contributed by atoms with Gasteiger partial charge in [-0.1, -0.05) is 0 Å². The first-order valence-electron chi connectivity index (χ1n) is 4.97. The van der Waals surface area contributed by atoms with Crippen LogP contribution in [0.5, 0.6) is 0 Å². The first kappa shape index (κ1) is 12.0. The fraction of sp³-hybridized carbons (Fsp3) is 0. The van der Waals surface area contributed by atoms with Crippen LogP contribution in [0.25, 0.3) is 0 Å². The quantitative estimate of drug-likeness (QED) is 0.879. The monoisotopic (exact) mass is 250 g/mol. The van der Waals surface area contributed by atoms with Crippen LogP contribution < -0.4 is 5.32 Å². The van der Waals surface area contributed by atoms with Crippen molar-refractivity contribution in [2.45, 2.75) is 0 Å². The minimum atomic E-state index is -1.11. The zero-order chi connectivity index (χ0) is 13.1. The van der Waals surface area contributed by atoms with E-state index in [0.29, 0.717) is 0 Å². The van der Waals surface area contributed by atoms with Gasteiger partial charge in [0, 0.05) is 12.3 Å². The summed E-state index contributed by atoms with van der Waals surface area (Å²) in [6, 6.07) is 5.66. The highest BCUT2D eigenvalue weighted by atomic mass is 19.1. The molecule has 4 nitrogen and oxygen atoms in total. The fourth-order valence-corrected chi connectivity index (χ4v) is 1.33. The van der Waals surface area contributed by atoms with E-state index >= 15 is 0 Å². The van der Waals surface area contributed by atoms with Crippen LogP contribution in [0, 0.1) is 11.6 Å². The van der Waals surface area contributed by atoms with E-state index in [2.05, 4.69) is 10.3 Å². The summed E-state index contributed by atoms with van der Waals surface area (Å²) in [7, 11) is 0. The van der Waals surface area contributed by atoms with Crippen molar-refractivity contribution in [1.29, 1.82) is 0 Å². The van der Waals surface area contributed by atoms with E-state index in [-0.39, 0.29) is 17.1 Å². The van der Waals surface area contributed by atoms with Crippen LogP contribution in [0.2, 0.25) is 0 Å². The van der Waals surface area contributed by atoms with Gasteiger partial charge < -0.3 is 10.4 Å². The molecular formula is C12H8F2N2O2. The van der Waals surface area contributed by atoms with Gasteiger partial charge in [-0.25, -0.2) is 18.6 Å². The third-order valence-electron chi connectivity index (χ3n) is 2.20. The number of aromatic carboxylic acids is 1. The summed E-state index contributed by atoms with van der Waals surface area (Å²) in [6.07, 6.45) is 1.13. The Morgan fingerprint density at radius 2 is 2.00 bits per heavy atom. The van der Waals surface area contributed by atoms with Crippen LogP contribution in [0.4, 0.5) is 20.3 Å². The van der Waals surface area contributed by atoms with Crippen molar-refractivity contribution in [3.8, 4) is 0 Å². The second kappa shape index (κ2) is 4.79. The van der Waals surface area contributed by atoms with Gasteiger partial charge in [0.1, 0.15) is 17.5 Å². The number of carbonyl (C=O) groups is 1. The van der Waals surface area contributed by atoms with Gasteiger partial charge in [0.05, 0.1) is 11.3 Å². The lowest BCUT2D eigenvalue weighted by Crippen LogP contribution is -2.00. The topological polar surface area (TPSA) is 62.2 Å². The molecule has 0 aliphatic carbocycles. The molecule has 0 atom stereocenters. The number of aromatic nitrogens is 1. The fourth-order valence-electron chi connectivity index (χ4n) is 1.33. The highest BCUT2D eigenvalue weighted by Gasteiger charge is 2.06. The average Bonchev–Trinajstić information content (AvgIpc) is 2.34. The molecular weight excluding hydrogens is 242 g/mol. The third kappa shape index (κ3) is 2.60.